The minimum Gasteiger partial charge on any atom is -0.264 e. The number of hydrogen-bond acceptors (Lipinski definition) is 3. The number of nitrogens with zero attached hydrogens (tertiary/aromatic N) is 1. The van der Waals surface area contributed by atoms with Gasteiger partial charge in [0.2, 0.25) is 0 Å². The van der Waals surface area contributed by atoms with Crippen molar-refractivity contribution in [3.8, 4) is 0 Å². The minimum atomic E-state index is -3.80. The maximum atomic E-state index is 13.2. The molecule has 0 saturated heterocycles. The summed E-state index contributed by atoms with van der Waals surface area (Å²) in [4.78, 5) is -0.159. The van der Waals surface area contributed by atoms with Crippen LogP contribution in [0.15, 0.2) is 39.8 Å². The smallest absolute Gasteiger partial charge is 0.263 e. The predicted molar refractivity (Wildman–Crippen MR) is 63.5 cm³/mol. The van der Waals surface area contributed by atoms with Crippen LogP contribution in [0.2, 0.25) is 0 Å². The average Bonchev–Trinajstić information content (AvgIpc) is 2.73. The maximum absolute atomic E-state index is 13.2. The van der Waals surface area contributed by atoms with Crippen molar-refractivity contribution in [2.75, 3.05) is 4.72 Å². The molecule has 0 unspecified atom stereocenters. The van der Waals surface area contributed by atoms with E-state index in [-0.39, 0.29) is 15.2 Å². The molecule has 1 heterocycles. The van der Waals surface area contributed by atoms with E-state index in [0.717, 1.165) is 6.07 Å². The van der Waals surface area contributed by atoms with E-state index in [9.17, 15) is 12.8 Å². The summed E-state index contributed by atoms with van der Waals surface area (Å²) in [5.41, 5.74) is 0. The molecule has 2 N–H and O–H groups in total. The highest BCUT2D eigenvalue weighted by atomic mass is 79.9. The van der Waals surface area contributed by atoms with Crippen LogP contribution in [-0.4, -0.2) is 18.6 Å². The van der Waals surface area contributed by atoms with Crippen LogP contribution in [0.3, 0.4) is 0 Å². The second-order valence-electron chi connectivity index (χ2n) is 3.15. The first-order chi connectivity index (χ1) is 7.99. The van der Waals surface area contributed by atoms with Crippen molar-refractivity contribution in [1.29, 1.82) is 0 Å². The molecule has 8 heteroatoms. The molecule has 0 amide bonds. The van der Waals surface area contributed by atoms with Gasteiger partial charge in [-0.15, -0.1) is 0 Å². The van der Waals surface area contributed by atoms with E-state index in [2.05, 4.69) is 30.8 Å². The van der Waals surface area contributed by atoms with Crippen LogP contribution < -0.4 is 4.72 Å². The molecule has 1 aromatic heterocycles. The molecule has 0 aliphatic heterocycles. The lowest BCUT2D eigenvalue weighted by Gasteiger charge is -2.06. The lowest BCUT2D eigenvalue weighted by atomic mass is 10.3. The Balaban J connectivity index is 2.35. The molecular weight excluding hydrogens is 313 g/mol. The molecule has 0 saturated carbocycles. The molecule has 0 radical (unpaired) electrons. The fourth-order valence-electron chi connectivity index (χ4n) is 1.16. The fraction of sp³-hybridized carbons (Fsp3) is 0. The number of nitrogens with one attached hydrogen (secondary N) is 2. The summed E-state index contributed by atoms with van der Waals surface area (Å²) in [7, 11) is -3.80. The number of H-pyrrole nitrogens is 1. The number of halogens is 2. The number of sulfonamides is 1. The summed E-state index contributed by atoms with van der Waals surface area (Å²) < 4.78 is 39.3. The Hall–Kier alpha value is -1.41. The van der Waals surface area contributed by atoms with Crippen LogP contribution in [0.4, 0.5) is 10.2 Å². The van der Waals surface area contributed by atoms with Crippen LogP contribution in [0, 0.1) is 5.82 Å². The van der Waals surface area contributed by atoms with Gasteiger partial charge < -0.3 is 0 Å². The second-order valence-corrected chi connectivity index (χ2v) is 5.69. The molecule has 0 atom stereocenters. The first-order valence-corrected chi connectivity index (χ1v) is 6.74. The van der Waals surface area contributed by atoms with E-state index in [1.54, 1.807) is 0 Å². The van der Waals surface area contributed by atoms with E-state index in [4.69, 9.17) is 0 Å². The lowest BCUT2D eigenvalue weighted by molar-refractivity contribution is 0.593. The van der Waals surface area contributed by atoms with Crippen molar-refractivity contribution < 1.29 is 12.8 Å². The summed E-state index contributed by atoms with van der Waals surface area (Å²) in [5.74, 6) is -0.425. The van der Waals surface area contributed by atoms with Gasteiger partial charge >= 0.3 is 0 Å². The number of aromatic amines is 1. The van der Waals surface area contributed by atoms with Gasteiger partial charge in [0.05, 0.1) is 15.6 Å². The lowest BCUT2D eigenvalue weighted by Crippen LogP contribution is -2.13. The Bertz CT molecular complexity index is 628. The number of anilines is 1. The average molecular weight is 320 g/mol. The van der Waals surface area contributed by atoms with Gasteiger partial charge in [-0.2, -0.15) is 5.10 Å². The van der Waals surface area contributed by atoms with E-state index >= 15 is 0 Å². The van der Waals surface area contributed by atoms with Gasteiger partial charge in [-0.05, 0) is 34.1 Å². The Morgan fingerprint density at radius 2 is 2.12 bits per heavy atom. The summed E-state index contributed by atoms with van der Waals surface area (Å²) in [6, 6.07) is 5.01. The molecule has 0 aliphatic carbocycles. The topological polar surface area (TPSA) is 74.8 Å². The molecule has 2 aromatic rings. The highest BCUT2D eigenvalue weighted by molar-refractivity contribution is 9.10. The van der Waals surface area contributed by atoms with Crippen LogP contribution >= 0.6 is 15.9 Å². The van der Waals surface area contributed by atoms with Gasteiger partial charge in [0.15, 0.2) is 0 Å². The molecule has 0 fully saturated rings. The number of benzene rings is 1. The van der Waals surface area contributed by atoms with Gasteiger partial charge in [-0.3, -0.25) is 9.82 Å². The summed E-state index contributed by atoms with van der Waals surface area (Å²) >= 11 is 2.95. The molecule has 0 bridgehead atoms. The third-order valence-electron chi connectivity index (χ3n) is 1.95. The molecule has 5 nitrogen and oxygen atoms in total. The number of hydrogen-bond donors (Lipinski definition) is 2. The van der Waals surface area contributed by atoms with E-state index < -0.39 is 15.8 Å². The SMILES string of the molecule is O=S(=O)(Nc1ccn[nH]1)c1ccc(Br)c(F)c1. The predicted octanol–water partition coefficient (Wildman–Crippen LogP) is 2.11. The Kier molecular flexibility index (Phi) is 3.16. The molecule has 17 heavy (non-hydrogen) atoms. The zero-order chi connectivity index (χ0) is 12.5. The van der Waals surface area contributed by atoms with Gasteiger partial charge in [0, 0.05) is 6.07 Å². The first-order valence-electron chi connectivity index (χ1n) is 4.46. The van der Waals surface area contributed by atoms with Crippen molar-refractivity contribution in [3.63, 3.8) is 0 Å². The Labute approximate surface area is 105 Å². The van der Waals surface area contributed by atoms with Gasteiger partial charge in [-0.25, -0.2) is 12.8 Å². The Morgan fingerprint density at radius 3 is 2.71 bits per heavy atom. The van der Waals surface area contributed by atoms with Gasteiger partial charge in [0.25, 0.3) is 10.0 Å². The van der Waals surface area contributed by atoms with Crippen molar-refractivity contribution >= 4 is 31.8 Å². The fourth-order valence-corrected chi connectivity index (χ4v) is 2.43. The highest BCUT2D eigenvalue weighted by Crippen LogP contribution is 2.20. The zero-order valence-corrected chi connectivity index (χ0v) is 10.7. The monoisotopic (exact) mass is 319 g/mol. The molecule has 0 spiro atoms. The van der Waals surface area contributed by atoms with Crippen molar-refractivity contribution in [3.05, 3.63) is 40.8 Å². The van der Waals surface area contributed by atoms with Gasteiger partial charge in [0.1, 0.15) is 11.6 Å². The number of aromatic nitrogens is 2. The quantitative estimate of drug-likeness (QED) is 0.909. The van der Waals surface area contributed by atoms with Crippen LogP contribution in [0.1, 0.15) is 0 Å². The summed E-state index contributed by atoms with van der Waals surface area (Å²) in [6.45, 7) is 0. The van der Waals surface area contributed by atoms with E-state index in [1.807, 2.05) is 0 Å². The minimum absolute atomic E-state index is 0.159. The largest absolute Gasteiger partial charge is 0.264 e. The van der Waals surface area contributed by atoms with Crippen molar-refractivity contribution in [2.24, 2.45) is 0 Å². The van der Waals surface area contributed by atoms with Crippen LogP contribution in [-0.2, 0) is 10.0 Å². The summed E-state index contributed by atoms with van der Waals surface area (Å²) in [5, 5.41) is 6.04. The van der Waals surface area contributed by atoms with Crippen LogP contribution in [0.5, 0.6) is 0 Å². The van der Waals surface area contributed by atoms with Gasteiger partial charge in [-0.1, -0.05) is 0 Å². The molecule has 2 rings (SSSR count). The van der Waals surface area contributed by atoms with E-state index in [0.29, 0.717) is 0 Å². The normalized spacial score (nSPS) is 11.4. The molecular formula is C9H7BrFN3O2S. The third-order valence-corrected chi connectivity index (χ3v) is 3.95. The second kappa shape index (κ2) is 4.46. The zero-order valence-electron chi connectivity index (χ0n) is 8.31. The van der Waals surface area contributed by atoms with Crippen LogP contribution in [0.25, 0.3) is 0 Å². The standard InChI is InChI=1S/C9H7BrFN3O2S/c10-7-2-1-6(5-8(7)11)17(15,16)14-9-3-4-12-13-9/h1-5H,(H2,12,13,14). The summed E-state index contributed by atoms with van der Waals surface area (Å²) in [6.07, 6.45) is 1.40. The highest BCUT2D eigenvalue weighted by Gasteiger charge is 2.16. The molecule has 90 valence electrons. The third kappa shape index (κ3) is 2.64. The first kappa shape index (κ1) is 12.1. The number of rotatable bonds is 3. The van der Waals surface area contributed by atoms with Crippen molar-refractivity contribution in [2.45, 2.75) is 4.90 Å². The van der Waals surface area contributed by atoms with E-state index in [1.165, 1.54) is 24.4 Å². The Morgan fingerprint density at radius 1 is 1.35 bits per heavy atom. The molecule has 1 aromatic carbocycles. The maximum Gasteiger partial charge on any atom is 0.263 e. The van der Waals surface area contributed by atoms with Crippen molar-refractivity contribution in [1.82, 2.24) is 10.2 Å². The molecule has 0 aliphatic rings.